The Morgan fingerprint density at radius 1 is 1.33 bits per heavy atom. The lowest BCUT2D eigenvalue weighted by Crippen LogP contribution is -2.40. The van der Waals surface area contributed by atoms with Crippen LogP contribution >= 0.6 is 0 Å². The van der Waals surface area contributed by atoms with Crippen LogP contribution < -0.4 is 10.1 Å². The summed E-state index contributed by atoms with van der Waals surface area (Å²) in [5.74, 6) is -0.992. The highest BCUT2D eigenvalue weighted by molar-refractivity contribution is 5.78. The number of hydrogen-bond acceptors (Lipinski definition) is 4. The Hall–Kier alpha value is -2.77. The fourth-order valence-electron chi connectivity index (χ4n) is 2.95. The first-order valence-electron chi connectivity index (χ1n) is 9.03. The van der Waals surface area contributed by atoms with Crippen LogP contribution in [0.4, 0.5) is 4.79 Å². The van der Waals surface area contributed by atoms with Gasteiger partial charge in [0.25, 0.3) is 5.91 Å². The molecule has 0 aromatic heterocycles. The number of nitrogens with zero attached hydrogens (tertiary/aromatic N) is 2. The van der Waals surface area contributed by atoms with Crippen molar-refractivity contribution in [3.8, 4) is 5.75 Å². The maximum Gasteiger partial charge on any atom is 0.317 e. The van der Waals surface area contributed by atoms with E-state index in [4.69, 9.17) is 9.84 Å². The van der Waals surface area contributed by atoms with Gasteiger partial charge in [-0.2, -0.15) is 0 Å². The number of nitrogens with one attached hydrogen (secondary N) is 1. The van der Waals surface area contributed by atoms with Crippen molar-refractivity contribution >= 4 is 17.9 Å². The molecule has 0 spiro atoms. The number of rotatable bonds is 7. The third-order valence-electron chi connectivity index (χ3n) is 4.68. The fourth-order valence-corrected chi connectivity index (χ4v) is 2.95. The van der Waals surface area contributed by atoms with Gasteiger partial charge < -0.3 is 25.0 Å². The SMILES string of the molecule is CCC(NC(=O)N1CCC(C(=O)O)C1)c1ccccc1OCC(=O)N(C)C. The van der Waals surface area contributed by atoms with Crippen LogP contribution in [0.15, 0.2) is 24.3 Å². The van der Waals surface area contributed by atoms with Gasteiger partial charge >= 0.3 is 12.0 Å². The van der Waals surface area contributed by atoms with Gasteiger partial charge in [0.05, 0.1) is 12.0 Å². The third-order valence-corrected chi connectivity index (χ3v) is 4.68. The predicted octanol–water partition coefficient (Wildman–Crippen LogP) is 1.72. The zero-order chi connectivity index (χ0) is 20.0. The maximum atomic E-state index is 12.5. The molecule has 8 nitrogen and oxygen atoms in total. The second-order valence-corrected chi connectivity index (χ2v) is 6.79. The summed E-state index contributed by atoms with van der Waals surface area (Å²) < 4.78 is 5.66. The van der Waals surface area contributed by atoms with E-state index in [2.05, 4.69) is 5.32 Å². The molecule has 2 atom stereocenters. The molecule has 0 radical (unpaired) electrons. The Kier molecular flexibility index (Phi) is 7.04. The van der Waals surface area contributed by atoms with E-state index in [1.807, 2.05) is 25.1 Å². The fraction of sp³-hybridized carbons (Fsp3) is 0.526. The summed E-state index contributed by atoms with van der Waals surface area (Å²) in [5, 5.41) is 12.0. The molecule has 1 aromatic carbocycles. The first-order valence-corrected chi connectivity index (χ1v) is 9.03. The van der Waals surface area contributed by atoms with Gasteiger partial charge in [-0.3, -0.25) is 9.59 Å². The standard InChI is InChI=1S/C19H27N3O5/c1-4-15(20-19(26)22-10-9-13(11-22)18(24)25)14-7-5-6-8-16(14)27-12-17(23)21(2)3/h5-8,13,15H,4,9-12H2,1-3H3,(H,20,26)(H,24,25). The van der Waals surface area contributed by atoms with Crippen molar-refractivity contribution in [3.63, 3.8) is 0 Å². The van der Waals surface area contributed by atoms with E-state index < -0.39 is 11.9 Å². The number of amides is 3. The first kappa shape index (κ1) is 20.5. The Labute approximate surface area is 159 Å². The van der Waals surface area contributed by atoms with Crippen LogP contribution in [0.2, 0.25) is 0 Å². The molecule has 1 aromatic rings. The molecule has 0 saturated carbocycles. The lowest BCUT2D eigenvalue weighted by molar-refractivity contribution is -0.141. The number of ether oxygens (including phenoxy) is 1. The number of aliphatic carboxylic acids is 1. The maximum absolute atomic E-state index is 12.5. The highest BCUT2D eigenvalue weighted by Crippen LogP contribution is 2.28. The van der Waals surface area contributed by atoms with Gasteiger partial charge in [-0.1, -0.05) is 25.1 Å². The Morgan fingerprint density at radius 2 is 2.04 bits per heavy atom. The Bertz CT molecular complexity index is 692. The summed E-state index contributed by atoms with van der Waals surface area (Å²) in [6, 6.07) is 6.70. The normalized spacial score (nSPS) is 17.3. The summed E-state index contributed by atoms with van der Waals surface area (Å²) in [6.45, 7) is 2.50. The molecule has 2 unspecified atom stereocenters. The molecule has 0 bridgehead atoms. The lowest BCUT2D eigenvalue weighted by Gasteiger charge is -2.24. The van der Waals surface area contributed by atoms with Crippen molar-refractivity contribution in [2.24, 2.45) is 5.92 Å². The van der Waals surface area contributed by atoms with Gasteiger partial charge in [0.15, 0.2) is 6.61 Å². The van der Waals surface area contributed by atoms with Crippen molar-refractivity contribution in [3.05, 3.63) is 29.8 Å². The summed E-state index contributed by atoms with van der Waals surface area (Å²) in [7, 11) is 3.32. The molecular formula is C19H27N3O5. The Morgan fingerprint density at radius 3 is 2.63 bits per heavy atom. The topological polar surface area (TPSA) is 99.2 Å². The molecule has 2 rings (SSSR count). The summed E-state index contributed by atoms with van der Waals surface area (Å²) in [6.07, 6.45) is 1.09. The van der Waals surface area contributed by atoms with Gasteiger partial charge in [-0.15, -0.1) is 0 Å². The number of likely N-dealkylation sites (tertiary alicyclic amines) is 1. The van der Waals surface area contributed by atoms with Crippen molar-refractivity contribution in [2.45, 2.75) is 25.8 Å². The van der Waals surface area contributed by atoms with Gasteiger partial charge in [-0.25, -0.2) is 4.79 Å². The van der Waals surface area contributed by atoms with Crippen LogP contribution in [0.5, 0.6) is 5.75 Å². The van der Waals surface area contributed by atoms with Gasteiger partial charge in [0, 0.05) is 32.7 Å². The summed E-state index contributed by atoms with van der Waals surface area (Å²) in [4.78, 5) is 38.4. The van der Waals surface area contributed by atoms with Crippen molar-refractivity contribution in [1.29, 1.82) is 0 Å². The van der Waals surface area contributed by atoms with Crippen LogP contribution in [0, 0.1) is 5.92 Å². The highest BCUT2D eigenvalue weighted by Gasteiger charge is 2.31. The van der Waals surface area contributed by atoms with E-state index in [1.165, 1.54) is 9.80 Å². The molecule has 1 saturated heterocycles. The lowest BCUT2D eigenvalue weighted by atomic mass is 10.0. The van der Waals surface area contributed by atoms with Crippen LogP contribution in [0.3, 0.4) is 0 Å². The molecule has 27 heavy (non-hydrogen) atoms. The van der Waals surface area contributed by atoms with E-state index in [1.54, 1.807) is 20.2 Å². The van der Waals surface area contributed by atoms with Crippen LogP contribution in [0.25, 0.3) is 0 Å². The van der Waals surface area contributed by atoms with Crippen molar-refractivity contribution in [2.75, 3.05) is 33.8 Å². The van der Waals surface area contributed by atoms with E-state index in [0.717, 1.165) is 5.56 Å². The van der Waals surface area contributed by atoms with Crippen molar-refractivity contribution in [1.82, 2.24) is 15.1 Å². The minimum atomic E-state index is -0.873. The number of hydrogen-bond donors (Lipinski definition) is 2. The zero-order valence-electron chi connectivity index (χ0n) is 16.0. The number of benzene rings is 1. The van der Waals surface area contributed by atoms with E-state index in [-0.39, 0.29) is 31.1 Å². The van der Waals surface area contributed by atoms with E-state index in [0.29, 0.717) is 25.1 Å². The average molecular weight is 377 g/mol. The third kappa shape index (κ3) is 5.35. The number of carboxylic acids is 1. The van der Waals surface area contributed by atoms with Gasteiger partial charge in [0.1, 0.15) is 5.75 Å². The molecule has 1 heterocycles. The monoisotopic (exact) mass is 377 g/mol. The van der Waals surface area contributed by atoms with Crippen LogP contribution in [-0.2, 0) is 9.59 Å². The molecule has 148 valence electrons. The number of likely N-dealkylation sites (N-methyl/N-ethyl adjacent to an activating group) is 1. The quantitative estimate of drug-likeness (QED) is 0.754. The van der Waals surface area contributed by atoms with Gasteiger partial charge in [-0.05, 0) is 18.9 Å². The molecular weight excluding hydrogens is 350 g/mol. The molecule has 1 aliphatic rings. The second kappa shape index (κ2) is 9.25. The molecule has 1 fully saturated rings. The highest BCUT2D eigenvalue weighted by atomic mass is 16.5. The number of urea groups is 1. The smallest absolute Gasteiger partial charge is 0.317 e. The molecule has 8 heteroatoms. The number of carbonyl (C=O) groups is 3. The zero-order valence-corrected chi connectivity index (χ0v) is 16.0. The summed E-state index contributed by atoms with van der Waals surface area (Å²) >= 11 is 0. The molecule has 1 aliphatic heterocycles. The Balaban J connectivity index is 2.05. The minimum Gasteiger partial charge on any atom is -0.483 e. The number of carboxylic acid groups (broad SMARTS) is 1. The number of para-hydroxylation sites is 1. The molecule has 0 aliphatic carbocycles. The number of carbonyl (C=O) groups excluding carboxylic acids is 2. The average Bonchev–Trinajstić information content (AvgIpc) is 3.15. The molecule has 2 N–H and O–H groups in total. The second-order valence-electron chi connectivity index (χ2n) is 6.79. The van der Waals surface area contributed by atoms with Crippen LogP contribution in [0.1, 0.15) is 31.4 Å². The van der Waals surface area contributed by atoms with E-state index >= 15 is 0 Å². The minimum absolute atomic E-state index is 0.0825. The first-order chi connectivity index (χ1) is 12.8. The van der Waals surface area contributed by atoms with Gasteiger partial charge in [0.2, 0.25) is 0 Å². The van der Waals surface area contributed by atoms with Crippen molar-refractivity contribution < 1.29 is 24.2 Å². The summed E-state index contributed by atoms with van der Waals surface area (Å²) in [5.41, 5.74) is 0.786. The largest absolute Gasteiger partial charge is 0.483 e. The van der Waals surface area contributed by atoms with Crippen LogP contribution in [-0.4, -0.2) is 66.6 Å². The van der Waals surface area contributed by atoms with E-state index in [9.17, 15) is 14.4 Å². The molecule has 3 amide bonds. The predicted molar refractivity (Wildman–Crippen MR) is 99.5 cm³/mol.